The van der Waals surface area contributed by atoms with Gasteiger partial charge in [-0.2, -0.15) is 0 Å². The van der Waals surface area contributed by atoms with Gasteiger partial charge in [0.25, 0.3) is 5.56 Å². The molecule has 0 aliphatic rings. The van der Waals surface area contributed by atoms with Crippen molar-refractivity contribution in [2.75, 3.05) is 6.61 Å². The third-order valence-corrected chi connectivity index (χ3v) is 4.09. The normalized spacial score (nSPS) is 12.5. The molecule has 0 radical (unpaired) electrons. The molecule has 0 bridgehead atoms. The Bertz CT molecular complexity index is 1010. The fourth-order valence-corrected chi connectivity index (χ4v) is 2.64. The minimum absolute atomic E-state index is 0.0782. The highest BCUT2D eigenvalue weighted by Crippen LogP contribution is 2.12. The van der Waals surface area contributed by atoms with Gasteiger partial charge >= 0.3 is 5.69 Å². The summed E-state index contributed by atoms with van der Waals surface area (Å²) < 4.78 is 9.43. The summed E-state index contributed by atoms with van der Waals surface area (Å²) in [6, 6.07) is 7.52. The number of ether oxygens (including phenoxy) is 1. The van der Waals surface area contributed by atoms with E-state index in [4.69, 9.17) is 4.74 Å². The van der Waals surface area contributed by atoms with Gasteiger partial charge in [0.2, 0.25) is 0 Å². The third-order valence-electron chi connectivity index (χ3n) is 4.09. The molecule has 3 aromatic rings. The fraction of sp³-hybridized carbons (Fsp3) is 0.353. The van der Waals surface area contributed by atoms with Gasteiger partial charge in [0.05, 0.1) is 12.9 Å². The monoisotopic (exact) mass is 344 g/mol. The van der Waals surface area contributed by atoms with Crippen LogP contribution in [0.5, 0.6) is 5.75 Å². The molecular weight excluding hydrogens is 324 g/mol. The first kappa shape index (κ1) is 17.0. The van der Waals surface area contributed by atoms with Crippen LogP contribution >= 0.6 is 0 Å². The number of aliphatic hydroxyl groups excluding tert-OH is 1. The molecule has 0 saturated heterocycles. The molecule has 3 rings (SSSR count). The molecule has 2 aromatic heterocycles. The van der Waals surface area contributed by atoms with E-state index in [0.29, 0.717) is 11.4 Å². The molecule has 1 atom stereocenters. The first-order valence-electron chi connectivity index (χ1n) is 7.87. The number of benzene rings is 1. The standard InChI is InChI=1S/C17H20N4O4/c1-11-4-6-13(7-5-11)25-9-12(22)8-21-10-18-15-14(21)16(23)20(3)17(24)19(15)2/h4-7,10,12,22H,8-9H2,1-3H3/t12-/m0/s1. The molecule has 0 saturated carbocycles. The molecular formula is C17H20N4O4. The topological polar surface area (TPSA) is 91.3 Å². The highest BCUT2D eigenvalue weighted by Gasteiger charge is 2.16. The van der Waals surface area contributed by atoms with E-state index in [-0.39, 0.29) is 18.7 Å². The summed E-state index contributed by atoms with van der Waals surface area (Å²) in [4.78, 5) is 28.4. The van der Waals surface area contributed by atoms with Crippen molar-refractivity contribution in [3.8, 4) is 5.75 Å². The maximum Gasteiger partial charge on any atom is 0.332 e. The van der Waals surface area contributed by atoms with Crippen LogP contribution < -0.4 is 16.0 Å². The number of aliphatic hydroxyl groups is 1. The Balaban J connectivity index is 1.80. The van der Waals surface area contributed by atoms with E-state index in [9.17, 15) is 14.7 Å². The second-order valence-electron chi connectivity index (χ2n) is 6.05. The minimum Gasteiger partial charge on any atom is -0.491 e. The van der Waals surface area contributed by atoms with Crippen LogP contribution in [0, 0.1) is 6.92 Å². The zero-order valence-corrected chi connectivity index (χ0v) is 14.3. The SMILES string of the molecule is Cc1ccc(OC[C@@H](O)Cn2cnc3c2c(=O)n(C)c(=O)n3C)cc1. The highest BCUT2D eigenvalue weighted by molar-refractivity contribution is 5.69. The van der Waals surface area contributed by atoms with Crippen molar-refractivity contribution in [1.82, 2.24) is 18.7 Å². The molecule has 0 fully saturated rings. The van der Waals surface area contributed by atoms with Crippen molar-refractivity contribution in [2.24, 2.45) is 14.1 Å². The average Bonchev–Trinajstić information content (AvgIpc) is 3.01. The molecule has 132 valence electrons. The van der Waals surface area contributed by atoms with E-state index in [1.165, 1.54) is 17.9 Å². The van der Waals surface area contributed by atoms with Gasteiger partial charge in [0, 0.05) is 14.1 Å². The van der Waals surface area contributed by atoms with Crippen LogP contribution in [-0.2, 0) is 20.6 Å². The molecule has 0 aliphatic heterocycles. The molecule has 1 N–H and O–H groups in total. The van der Waals surface area contributed by atoms with Crippen LogP contribution in [-0.4, -0.2) is 36.5 Å². The summed E-state index contributed by atoms with van der Waals surface area (Å²) in [5, 5.41) is 10.2. The lowest BCUT2D eigenvalue weighted by atomic mass is 10.2. The Labute approximate surface area is 143 Å². The van der Waals surface area contributed by atoms with Crippen molar-refractivity contribution in [1.29, 1.82) is 0 Å². The maximum atomic E-state index is 12.4. The maximum absolute atomic E-state index is 12.4. The van der Waals surface area contributed by atoms with Crippen molar-refractivity contribution in [2.45, 2.75) is 19.6 Å². The molecule has 8 heteroatoms. The van der Waals surface area contributed by atoms with Crippen LogP contribution in [0.4, 0.5) is 0 Å². The van der Waals surface area contributed by atoms with Gasteiger partial charge in [-0.15, -0.1) is 0 Å². The van der Waals surface area contributed by atoms with E-state index in [1.807, 2.05) is 31.2 Å². The number of hydrogen-bond donors (Lipinski definition) is 1. The first-order chi connectivity index (χ1) is 11.9. The fourth-order valence-electron chi connectivity index (χ4n) is 2.64. The lowest BCUT2D eigenvalue weighted by Crippen LogP contribution is -2.38. The summed E-state index contributed by atoms with van der Waals surface area (Å²) in [6.45, 7) is 2.20. The number of aryl methyl sites for hydroxylation is 2. The van der Waals surface area contributed by atoms with Crippen LogP contribution in [0.3, 0.4) is 0 Å². The van der Waals surface area contributed by atoms with E-state index in [1.54, 1.807) is 11.6 Å². The predicted octanol–water partition coefficient (Wildman–Crippen LogP) is 0.182. The third kappa shape index (κ3) is 3.20. The molecule has 8 nitrogen and oxygen atoms in total. The molecule has 0 unspecified atom stereocenters. The van der Waals surface area contributed by atoms with E-state index in [0.717, 1.165) is 10.1 Å². The van der Waals surface area contributed by atoms with Crippen molar-refractivity contribution >= 4 is 11.2 Å². The number of hydrogen-bond acceptors (Lipinski definition) is 5. The largest absolute Gasteiger partial charge is 0.491 e. The lowest BCUT2D eigenvalue weighted by molar-refractivity contribution is 0.0933. The quantitative estimate of drug-likeness (QED) is 0.713. The van der Waals surface area contributed by atoms with E-state index >= 15 is 0 Å². The first-order valence-corrected chi connectivity index (χ1v) is 7.87. The van der Waals surface area contributed by atoms with Gasteiger partial charge in [-0.05, 0) is 19.1 Å². The number of fused-ring (bicyclic) bond motifs is 1. The molecule has 25 heavy (non-hydrogen) atoms. The Hall–Kier alpha value is -2.87. The Kier molecular flexibility index (Phi) is 4.45. The van der Waals surface area contributed by atoms with Gasteiger partial charge in [0.1, 0.15) is 18.5 Å². The number of nitrogens with zero attached hydrogens (tertiary/aromatic N) is 4. The summed E-state index contributed by atoms with van der Waals surface area (Å²) in [6.07, 6.45) is 0.612. The van der Waals surface area contributed by atoms with Gasteiger partial charge in [-0.1, -0.05) is 17.7 Å². The highest BCUT2D eigenvalue weighted by atomic mass is 16.5. The van der Waals surface area contributed by atoms with Crippen molar-refractivity contribution < 1.29 is 9.84 Å². The Morgan fingerprint density at radius 3 is 2.52 bits per heavy atom. The Morgan fingerprint density at radius 2 is 1.84 bits per heavy atom. The van der Waals surface area contributed by atoms with Gasteiger partial charge in [-0.25, -0.2) is 9.78 Å². The van der Waals surface area contributed by atoms with Crippen LogP contribution in [0.25, 0.3) is 11.2 Å². The summed E-state index contributed by atoms with van der Waals surface area (Å²) in [7, 11) is 2.97. The molecule has 2 heterocycles. The molecule has 0 amide bonds. The van der Waals surface area contributed by atoms with Crippen LogP contribution in [0.15, 0.2) is 40.2 Å². The van der Waals surface area contributed by atoms with Gasteiger partial charge in [-0.3, -0.25) is 13.9 Å². The average molecular weight is 344 g/mol. The number of rotatable bonds is 5. The van der Waals surface area contributed by atoms with Crippen molar-refractivity contribution in [3.63, 3.8) is 0 Å². The van der Waals surface area contributed by atoms with Gasteiger partial charge in [0.15, 0.2) is 11.2 Å². The molecule has 0 spiro atoms. The second-order valence-corrected chi connectivity index (χ2v) is 6.05. The second kappa shape index (κ2) is 6.56. The summed E-state index contributed by atoms with van der Waals surface area (Å²) >= 11 is 0. The summed E-state index contributed by atoms with van der Waals surface area (Å²) in [5.74, 6) is 0.665. The van der Waals surface area contributed by atoms with Crippen molar-refractivity contribution in [3.05, 3.63) is 57.0 Å². The minimum atomic E-state index is -0.833. The van der Waals surface area contributed by atoms with Gasteiger partial charge < -0.3 is 14.4 Å². The Morgan fingerprint density at radius 1 is 1.16 bits per heavy atom. The number of aromatic nitrogens is 4. The predicted molar refractivity (Wildman–Crippen MR) is 92.9 cm³/mol. The molecule has 1 aromatic carbocycles. The lowest BCUT2D eigenvalue weighted by Gasteiger charge is -2.14. The van der Waals surface area contributed by atoms with E-state index < -0.39 is 17.4 Å². The van der Waals surface area contributed by atoms with Crippen LogP contribution in [0.2, 0.25) is 0 Å². The molecule has 0 aliphatic carbocycles. The number of imidazole rings is 1. The smallest absolute Gasteiger partial charge is 0.332 e. The van der Waals surface area contributed by atoms with Crippen LogP contribution in [0.1, 0.15) is 5.56 Å². The zero-order valence-electron chi connectivity index (χ0n) is 14.3. The zero-order chi connectivity index (χ0) is 18.1. The van der Waals surface area contributed by atoms with E-state index in [2.05, 4.69) is 4.98 Å². The summed E-state index contributed by atoms with van der Waals surface area (Å²) in [5.41, 5.74) is 0.811.